The summed E-state index contributed by atoms with van der Waals surface area (Å²) in [4.78, 5) is 12.6. The van der Waals surface area contributed by atoms with E-state index >= 15 is 0 Å². The van der Waals surface area contributed by atoms with Crippen molar-refractivity contribution in [1.82, 2.24) is 4.57 Å². The summed E-state index contributed by atoms with van der Waals surface area (Å²) in [6.07, 6.45) is 9.87. The van der Waals surface area contributed by atoms with E-state index in [9.17, 15) is 0 Å². The minimum Gasteiger partial charge on any atom is -0.456 e. The highest BCUT2D eigenvalue weighted by molar-refractivity contribution is 8.01. The third kappa shape index (κ3) is 4.66. The molecule has 0 bridgehead atoms. The number of benzene rings is 7. The van der Waals surface area contributed by atoms with E-state index in [0.29, 0.717) is 11.9 Å². The number of nitrogens with zero attached hydrogens (tertiary/aromatic N) is 3. The van der Waals surface area contributed by atoms with E-state index in [1.165, 1.54) is 37.6 Å². The molecule has 2 aromatic heterocycles. The largest absolute Gasteiger partial charge is 0.456 e. The molecular weight excluding hydrogens is 691 g/mol. The van der Waals surface area contributed by atoms with Crippen molar-refractivity contribution >= 4 is 77.9 Å². The highest BCUT2D eigenvalue weighted by atomic mass is 32.2. The molecule has 7 aromatic carbocycles. The Bertz CT molecular complexity index is 3180. The molecule has 0 saturated heterocycles. The number of rotatable bonds is 3. The van der Waals surface area contributed by atoms with Crippen molar-refractivity contribution in [2.24, 2.45) is 9.98 Å². The van der Waals surface area contributed by atoms with Crippen LogP contribution < -0.4 is 0 Å². The molecule has 5 heteroatoms. The van der Waals surface area contributed by atoms with Gasteiger partial charge in [-0.25, -0.2) is 9.98 Å². The molecule has 1 aliphatic carbocycles. The molecule has 4 heterocycles. The van der Waals surface area contributed by atoms with Gasteiger partial charge in [-0.05, 0) is 69.8 Å². The number of allylic oxidation sites excluding steroid dienone is 4. The Kier molecular flexibility index (Phi) is 6.78. The second-order valence-electron chi connectivity index (χ2n) is 14.7. The first-order chi connectivity index (χ1) is 27.3. The molecule has 3 aliphatic rings. The minimum absolute atomic E-state index is 0.0730. The van der Waals surface area contributed by atoms with Gasteiger partial charge in [0.1, 0.15) is 11.2 Å². The van der Waals surface area contributed by atoms with E-state index < -0.39 is 0 Å². The lowest BCUT2D eigenvalue weighted by Crippen LogP contribution is -2.30. The number of hydrogen-bond acceptors (Lipinski definition) is 4. The van der Waals surface area contributed by atoms with Gasteiger partial charge < -0.3 is 4.42 Å². The van der Waals surface area contributed by atoms with Gasteiger partial charge in [0.15, 0.2) is 0 Å². The van der Waals surface area contributed by atoms with E-state index in [4.69, 9.17) is 14.4 Å². The minimum atomic E-state index is -0.0730. The smallest absolute Gasteiger partial charge is 0.230 e. The molecule has 0 radical (unpaired) electrons. The maximum Gasteiger partial charge on any atom is 0.230 e. The van der Waals surface area contributed by atoms with Gasteiger partial charge in [0.2, 0.25) is 5.96 Å². The van der Waals surface area contributed by atoms with Crippen LogP contribution in [0.2, 0.25) is 0 Å². The van der Waals surface area contributed by atoms with E-state index in [1.807, 2.05) is 17.8 Å². The highest BCUT2D eigenvalue weighted by Gasteiger charge is 2.40. The van der Waals surface area contributed by atoms with Gasteiger partial charge in [-0.1, -0.05) is 140 Å². The van der Waals surface area contributed by atoms with Crippen LogP contribution in [0.5, 0.6) is 0 Å². The topological polar surface area (TPSA) is 42.8 Å². The first-order valence-corrected chi connectivity index (χ1v) is 19.9. The monoisotopic (exact) mass is 723 g/mol. The molecule has 0 fully saturated rings. The van der Waals surface area contributed by atoms with Gasteiger partial charge in [-0.3, -0.25) is 4.57 Å². The number of thioether (sulfide) groups is 1. The Morgan fingerprint density at radius 1 is 0.655 bits per heavy atom. The molecule has 9 aromatic rings. The SMILES string of the molecule is C1=CCC(c2ccc(C3=NC(n4c5ccccc5c5c6ccccc6cc(-c6cccc7oc8ccccc8c67)c54)=NC4c5ccccc5SC34)cc2)C=C1. The van der Waals surface area contributed by atoms with Crippen molar-refractivity contribution < 1.29 is 4.42 Å². The van der Waals surface area contributed by atoms with Crippen LogP contribution in [0.4, 0.5) is 0 Å². The quantitative estimate of drug-likeness (QED) is 0.182. The van der Waals surface area contributed by atoms with Gasteiger partial charge in [0.25, 0.3) is 0 Å². The van der Waals surface area contributed by atoms with Crippen LogP contribution in [0.25, 0.3) is 65.6 Å². The molecule has 12 rings (SSSR count). The van der Waals surface area contributed by atoms with Crippen molar-refractivity contribution in [1.29, 1.82) is 0 Å². The molecule has 260 valence electrons. The van der Waals surface area contributed by atoms with Crippen molar-refractivity contribution in [3.8, 4) is 11.1 Å². The van der Waals surface area contributed by atoms with Crippen molar-refractivity contribution in [2.75, 3.05) is 0 Å². The molecular formula is C50H33N3OS. The summed E-state index contributed by atoms with van der Waals surface area (Å²) in [7, 11) is 0. The fraction of sp³-hybridized carbons (Fsp3) is 0.0800. The molecule has 0 saturated carbocycles. The third-order valence-corrected chi connectivity index (χ3v) is 13.1. The number of furan rings is 1. The second kappa shape index (κ2) is 12.0. The zero-order chi connectivity index (χ0) is 36.0. The Morgan fingerprint density at radius 3 is 2.33 bits per heavy atom. The Morgan fingerprint density at radius 2 is 1.44 bits per heavy atom. The first-order valence-electron chi connectivity index (χ1n) is 19.0. The summed E-state index contributed by atoms with van der Waals surface area (Å²) in [6.45, 7) is 0. The molecule has 4 nitrogen and oxygen atoms in total. The van der Waals surface area contributed by atoms with Crippen LogP contribution in [0, 0.1) is 0 Å². The molecule has 2 aliphatic heterocycles. The molecule has 55 heavy (non-hydrogen) atoms. The second-order valence-corrected chi connectivity index (χ2v) is 15.9. The summed E-state index contributed by atoms with van der Waals surface area (Å²) >= 11 is 1.89. The number of fused-ring (bicyclic) bond motifs is 11. The van der Waals surface area contributed by atoms with E-state index in [-0.39, 0.29) is 11.3 Å². The third-order valence-electron chi connectivity index (χ3n) is 11.7. The predicted molar refractivity (Wildman–Crippen MR) is 230 cm³/mol. The van der Waals surface area contributed by atoms with Crippen LogP contribution in [-0.2, 0) is 0 Å². The maximum atomic E-state index is 6.45. The zero-order valence-electron chi connectivity index (χ0n) is 29.8. The van der Waals surface area contributed by atoms with Gasteiger partial charge in [-0.2, -0.15) is 0 Å². The van der Waals surface area contributed by atoms with Gasteiger partial charge in [0.05, 0.1) is 28.0 Å². The van der Waals surface area contributed by atoms with Crippen LogP contribution in [-0.4, -0.2) is 21.5 Å². The highest BCUT2D eigenvalue weighted by Crippen LogP contribution is 2.50. The average Bonchev–Trinajstić information content (AvgIpc) is 3.94. The number of para-hydroxylation sites is 2. The Hall–Kier alpha value is -6.43. The van der Waals surface area contributed by atoms with Crippen LogP contribution in [0.15, 0.2) is 189 Å². The molecule has 0 spiro atoms. The summed E-state index contributed by atoms with van der Waals surface area (Å²) < 4.78 is 8.80. The molecule has 0 N–H and O–H groups in total. The lowest BCUT2D eigenvalue weighted by molar-refractivity contribution is 0.669. The zero-order valence-corrected chi connectivity index (χ0v) is 30.6. The molecule has 0 amide bonds. The number of hydrogen-bond donors (Lipinski definition) is 0. The van der Waals surface area contributed by atoms with Crippen LogP contribution in [0.3, 0.4) is 0 Å². The van der Waals surface area contributed by atoms with E-state index in [0.717, 1.165) is 61.8 Å². The van der Waals surface area contributed by atoms with Gasteiger partial charge in [-0.15, -0.1) is 11.8 Å². The van der Waals surface area contributed by atoms with Crippen LogP contribution >= 0.6 is 11.8 Å². The van der Waals surface area contributed by atoms with Gasteiger partial charge in [0, 0.05) is 37.9 Å². The summed E-state index contributed by atoms with van der Waals surface area (Å²) in [5.41, 5.74) is 11.0. The molecule has 3 unspecified atom stereocenters. The standard InChI is InChI=1S/C50H33N3OS/c1-2-13-30(14-3-1)31-25-27-32(28-26-31)46-49-47(38-19-8-11-24-43(38)55-49)52-50(51-46)53-40-21-9-6-17-36(40)45-34-16-5-4-15-33(34)29-39(48(45)53)35-20-12-23-42-44(35)37-18-7-10-22-41(37)54-42/h1-13,15-30,47,49H,14H2. The molecule has 3 atom stereocenters. The van der Waals surface area contributed by atoms with Crippen molar-refractivity contribution in [3.63, 3.8) is 0 Å². The average molecular weight is 724 g/mol. The fourth-order valence-electron chi connectivity index (χ4n) is 9.18. The van der Waals surface area contributed by atoms with Crippen molar-refractivity contribution in [2.45, 2.75) is 28.5 Å². The lowest BCUT2D eigenvalue weighted by atomic mass is 9.90. The first kappa shape index (κ1) is 31.0. The summed E-state index contributed by atoms with van der Waals surface area (Å²) in [5.74, 6) is 1.11. The van der Waals surface area contributed by atoms with E-state index in [1.54, 1.807) is 0 Å². The maximum absolute atomic E-state index is 6.45. The fourth-order valence-corrected chi connectivity index (χ4v) is 10.6. The van der Waals surface area contributed by atoms with Crippen molar-refractivity contribution in [3.05, 3.63) is 187 Å². The number of aromatic nitrogens is 1. The normalized spacial score (nSPS) is 19.0. The summed E-state index contributed by atoms with van der Waals surface area (Å²) in [5, 5.41) is 7.09. The number of aliphatic imine (C=N–C) groups is 2. The Balaban J connectivity index is 1.16. The van der Waals surface area contributed by atoms with E-state index in [2.05, 4.69) is 168 Å². The summed E-state index contributed by atoms with van der Waals surface area (Å²) in [6, 6.07) is 52.5. The van der Waals surface area contributed by atoms with Crippen LogP contribution in [0.1, 0.15) is 35.1 Å². The predicted octanol–water partition coefficient (Wildman–Crippen LogP) is 13.0. The van der Waals surface area contributed by atoms with Gasteiger partial charge >= 0.3 is 0 Å². The lowest BCUT2D eigenvalue weighted by Gasteiger charge is -2.25. The Labute approximate surface area is 321 Å².